The van der Waals surface area contributed by atoms with Crippen LogP contribution >= 0.6 is 0 Å². The van der Waals surface area contributed by atoms with Crippen LogP contribution in [0.3, 0.4) is 0 Å². The van der Waals surface area contributed by atoms with E-state index in [0.29, 0.717) is 29.9 Å². The Hall–Kier alpha value is -2.31. The Labute approximate surface area is 96.3 Å². The van der Waals surface area contributed by atoms with E-state index in [1.54, 1.807) is 0 Å². The molecule has 0 atom stereocenters. The van der Waals surface area contributed by atoms with Gasteiger partial charge in [-0.25, -0.2) is 15.0 Å². The summed E-state index contributed by atoms with van der Waals surface area (Å²) < 4.78 is 5.18. The number of carboxylic acids is 1. The average molecular weight is 237 g/mol. The zero-order chi connectivity index (χ0) is 12.4. The quantitative estimate of drug-likeness (QED) is 0.655. The van der Waals surface area contributed by atoms with Crippen molar-refractivity contribution >= 4 is 17.7 Å². The maximum atomic E-state index is 10.8. The Balaban J connectivity index is 2.33. The molecule has 1 aliphatic carbocycles. The van der Waals surface area contributed by atoms with Crippen LogP contribution < -0.4 is 11.2 Å². The van der Waals surface area contributed by atoms with Crippen LogP contribution in [0.2, 0.25) is 0 Å². The third kappa shape index (κ3) is 2.27. The molecule has 0 saturated heterocycles. The fourth-order valence-electron chi connectivity index (χ4n) is 1.75. The Morgan fingerprint density at radius 3 is 2.88 bits per heavy atom. The fourth-order valence-corrected chi connectivity index (χ4v) is 1.75. The lowest BCUT2D eigenvalue weighted by Crippen LogP contribution is -2.26. The van der Waals surface area contributed by atoms with Gasteiger partial charge in [0.2, 0.25) is 5.76 Å². The number of carbonyl (C=O) groups excluding carboxylic acids is 1. The van der Waals surface area contributed by atoms with E-state index >= 15 is 0 Å². The van der Waals surface area contributed by atoms with E-state index in [2.05, 4.69) is 10.5 Å². The second-order valence-corrected chi connectivity index (χ2v) is 3.64. The molecule has 1 aliphatic rings. The van der Waals surface area contributed by atoms with E-state index in [9.17, 15) is 9.59 Å². The minimum Gasteiger partial charge on any atom is -0.475 e. The molecule has 0 aromatic carbocycles. The zero-order valence-electron chi connectivity index (χ0n) is 8.90. The molecule has 1 aromatic heterocycles. The van der Waals surface area contributed by atoms with Gasteiger partial charge in [-0.2, -0.15) is 5.10 Å². The summed E-state index contributed by atoms with van der Waals surface area (Å²) in [6.07, 6.45) is 2.10. The molecule has 17 heavy (non-hydrogen) atoms. The molecule has 0 aliphatic heterocycles. The van der Waals surface area contributed by atoms with Gasteiger partial charge in [0, 0.05) is 18.1 Å². The first-order chi connectivity index (χ1) is 8.08. The largest absolute Gasteiger partial charge is 0.475 e. The number of carboxylic acid groups (broad SMARTS) is 1. The molecule has 0 fully saturated rings. The first kappa shape index (κ1) is 11.2. The molecule has 1 aromatic rings. The summed E-state index contributed by atoms with van der Waals surface area (Å²) >= 11 is 0. The van der Waals surface area contributed by atoms with Crippen molar-refractivity contribution in [3.05, 3.63) is 23.2 Å². The molecule has 0 bridgehead atoms. The van der Waals surface area contributed by atoms with Crippen LogP contribution in [0.5, 0.6) is 0 Å². The van der Waals surface area contributed by atoms with Crippen LogP contribution in [-0.4, -0.2) is 22.8 Å². The highest BCUT2D eigenvalue weighted by atomic mass is 16.4. The highest BCUT2D eigenvalue weighted by Gasteiger charge is 2.23. The van der Waals surface area contributed by atoms with Crippen LogP contribution in [0.1, 0.15) is 34.7 Å². The van der Waals surface area contributed by atoms with E-state index in [1.165, 1.54) is 6.07 Å². The van der Waals surface area contributed by atoms with E-state index in [0.717, 1.165) is 6.42 Å². The maximum absolute atomic E-state index is 10.8. The van der Waals surface area contributed by atoms with Crippen molar-refractivity contribution in [2.75, 3.05) is 0 Å². The van der Waals surface area contributed by atoms with E-state index < -0.39 is 12.0 Å². The van der Waals surface area contributed by atoms with Crippen molar-refractivity contribution in [2.24, 2.45) is 10.8 Å². The van der Waals surface area contributed by atoms with Crippen molar-refractivity contribution in [2.45, 2.75) is 19.3 Å². The summed E-state index contributed by atoms with van der Waals surface area (Å²) in [5.74, 6) is -0.663. The number of nitrogens with zero attached hydrogens (tertiary/aromatic N) is 1. The number of furan rings is 1. The third-order valence-corrected chi connectivity index (χ3v) is 2.45. The molecular weight excluding hydrogens is 226 g/mol. The number of aryl methyl sites for hydroxylation is 1. The number of urea groups is 1. The van der Waals surface area contributed by atoms with Crippen LogP contribution in [0.4, 0.5) is 4.79 Å². The van der Waals surface area contributed by atoms with Crippen LogP contribution in [0.15, 0.2) is 15.6 Å². The topological polar surface area (TPSA) is 118 Å². The number of aromatic carboxylic acids is 1. The van der Waals surface area contributed by atoms with Gasteiger partial charge in [0.15, 0.2) is 0 Å². The Morgan fingerprint density at radius 2 is 2.24 bits per heavy atom. The van der Waals surface area contributed by atoms with Crippen molar-refractivity contribution in [3.63, 3.8) is 0 Å². The molecule has 7 nitrogen and oxygen atoms in total. The van der Waals surface area contributed by atoms with E-state index in [1.807, 2.05) is 0 Å². The number of hydrogen-bond acceptors (Lipinski definition) is 4. The standard InChI is InChI=1S/C10H11N3O4/c11-10(16)13-12-6-2-1-3-7-5(6)4-8(17-7)9(14)15/h4H,1-3H2,(H,14,15)(H3,11,13,16)/b12-6+. The highest BCUT2D eigenvalue weighted by molar-refractivity contribution is 6.04. The SMILES string of the molecule is NC(=O)N/N=C1\CCCc2oc(C(=O)O)cc21. The van der Waals surface area contributed by atoms with Gasteiger partial charge >= 0.3 is 12.0 Å². The minimum atomic E-state index is -1.12. The summed E-state index contributed by atoms with van der Waals surface area (Å²) in [4.78, 5) is 21.3. The maximum Gasteiger partial charge on any atom is 0.371 e. The van der Waals surface area contributed by atoms with Crippen LogP contribution in [0.25, 0.3) is 0 Å². The Morgan fingerprint density at radius 1 is 1.47 bits per heavy atom. The first-order valence-electron chi connectivity index (χ1n) is 5.06. The molecule has 7 heteroatoms. The van der Waals surface area contributed by atoms with Gasteiger partial charge in [0.05, 0.1) is 5.71 Å². The molecule has 0 unspecified atom stereocenters. The van der Waals surface area contributed by atoms with Gasteiger partial charge in [-0.05, 0) is 12.8 Å². The molecule has 2 rings (SSSR count). The fraction of sp³-hybridized carbons (Fsp3) is 0.300. The number of rotatable bonds is 2. The Kier molecular flexibility index (Phi) is 2.82. The molecule has 0 saturated carbocycles. The number of amides is 2. The number of hydrazone groups is 1. The van der Waals surface area contributed by atoms with Gasteiger partial charge < -0.3 is 15.3 Å². The molecule has 90 valence electrons. The van der Waals surface area contributed by atoms with E-state index in [4.69, 9.17) is 15.3 Å². The molecule has 2 amide bonds. The zero-order valence-corrected chi connectivity index (χ0v) is 8.90. The van der Waals surface area contributed by atoms with Crippen molar-refractivity contribution in [3.8, 4) is 0 Å². The monoisotopic (exact) mass is 237 g/mol. The third-order valence-electron chi connectivity index (χ3n) is 2.45. The summed E-state index contributed by atoms with van der Waals surface area (Å²) in [6, 6.07) is 0.657. The van der Waals surface area contributed by atoms with Gasteiger partial charge in [0.1, 0.15) is 5.76 Å². The summed E-state index contributed by atoms with van der Waals surface area (Å²) in [6.45, 7) is 0. The van der Waals surface area contributed by atoms with Crippen molar-refractivity contribution in [1.29, 1.82) is 0 Å². The Bertz CT molecular complexity index is 504. The minimum absolute atomic E-state index is 0.122. The van der Waals surface area contributed by atoms with Crippen LogP contribution in [-0.2, 0) is 6.42 Å². The van der Waals surface area contributed by atoms with E-state index in [-0.39, 0.29) is 5.76 Å². The number of nitrogens with two attached hydrogens (primary N) is 1. The lowest BCUT2D eigenvalue weighted by molar-refractivity contribution is 0.0660. The number of fused-ring (bicyclic) bond motifs is 1. The number of hydrogen-bond donors (Lipinski definition) is 3. The smallest absolute Gasteiger partial charge is 0.371 e. The average Bonchev–Trinajstić information content (AvgIpc) is 2.70. The first-order valence-corrected chi connectivity index (χ1v) is 5.06. The lowest BCUT2D eigenvalue weighted by Gasteiger charge is -2.11. The number of carbonyl (C=O) groups is 2. The summed E-state index contributed by atoms with van der Waals surface area (Å²) in [5.41, 5.74) is 8.25. The number of primary amides is 1. The molecule has 0 radical (unpaired) electrons. The van der Waals surface area contributed by atoms with Gasteiger partial charge in [-0.15, -0.1) is 0 Å². The lowest BCUT2D eigenvalue weighted by atomic mass is 9.96. The molecule has 1 heterocycles. The van der Waals surface area contributed by atoms with Gasteiger partial charge in [-0.3, -0.25) is 0 Å². The molecule has 0 spiro atoms. The highest BCUT2D eigenvalue weighted by Crippen LogP contribution is 2.25. The van der Waals surface area contributed by atoms with Crippen LogP contribution in [0, 0.1) is 0 Å². The second kappa shape index (κ2) is 4.28. The van der Waals surface area contributed by atoms with Gasteiger partial charge in [-0.1, -0.05) is 0 Å². The van der Waals surface area contributed by atoms with Crippen molar-refractivity contribution < 1.29 is 19.1 Å². The summed E-state index contributed by atoms with van der Waals surface area (Å²) in [7, 11) is 0. The predicted octanol–water partition coefficient (Wildman–Crippen LogP) is 0.686. The van der Waals surface area contributed by atoms with Crippen molar-refractivity contribution in [1.82, 2.24) is 5.43 Å². The molecule has 4 N–H and O–H groups in total. The summed E-state index contributed by atoms with van der Waals surface area (Å²) in [5, 5.41) is 12.7. The second-order valence-electron chi connectivity index (χ2n) is 3.64. The predicted molar refractivity (Wildman–Crippen MR) is 57.9 cm³/mol. The normalized spacial score (nSPS) is 16.6. The number of nitrogens with one attached hydrogen (secondary N) is 1. The molecular formula is C10H11N3O4. The van der Waals surface area contributed by atoms with Gasteiger partial charge in [0.25, 0.3) is 0 Å².